The Morgan fingerprint density at radius 2 is 1.75 bits per heavy atom. The first-order valence-electron chi connectivity index (χ1n) is 7.11. The Morgan fingerprint density at radius 1 is 1.08 bits per heavy atom. The Morgan fingerprint density at radius 3 is 2.38 bits per heavy atom. The van der Waals surface area contributed by atoms with E-state index in [2.05, 4.69) is 10.6 Å². The van der Waals surface area contributed by atoms with Crippen molar-refractivity contribution in [2.24, 2.45) is 0 Å². The highest BCUT2D eigenvalue weighted by Crippen LogP contribution is 2.16. The molecule has 6 heteroatoms. The molecule has 0 aromatic heterocycles. The van der Waals surface area contributed by atoms with Crippen molar-refractivity contribution >= 4 is 52.4 Å². The predicted molar refractivity (Wildman–Crippen MR) is 101 cm³/mol. The molecule has 0 unspecified atom stereocenters. The monoisotopic (exact) mass is 358 g/mol. The van der Waals surface area contributed by atoms with E-state index < -0.39 is 0 Å². The van der Waals surface area contributed by atoms with E-state index in [1.54, 1.807) is 42.5 Å². The summed E-state index contributed by atoms with van der Waals surface area (Å²) in [6.07, 6.45) is 2.97. The second-order valence-corrected chi connectivity index (χ2v) is 5.75. The average molecular weight is 359 g/mol. The Kier molecular flexibility index (Phi) is 6.23. The van der Waals surface area contributed by atoms with Gasteiger partial charge in [0.25, 0.3) is 0 Å². The summed E-state index contributed by atoms with van der Waals surface area (Å²) in [5, 5.41) is 6.15. The molecule has 2 aromatic carbocycles. The van der Waals surface area contributed by atoms with Gasteiger partial charge in [0, 0.05) is 22.3 Å². The standard InChI is InChI=1S/C18H15ClN2O2S/c1-12(22)13-6-9-15(10-7-13)20-18(24)21-17(23)11-8-14-4-2-3-5-16(14)19/h2-11H,1H3,(H2,20,21,23,24)/b11-8+. The first-order chi connectivity index (χ1) is 11.5. The molecular formula is C18H15ClN2O2S. The van der Waals surface area contributed by atoms with Crippen LogP contribution in [0.4, 0.5) is 5.69 Å². The van der Waals surface area contributed by atoms with Crippen LogP contribution < -0.4 is 10.6 Å². The number of hydrogen-bond acceptors (Lipinski definition) is 3. The van der Waals surface area contributed by atoms with Crippen LogP contribution in [0.25, 0.3) is 6.08 Å². The van der Waals surface area contributed by atoms with Gasteiger partial charge in [0.1, 0.15) is 0 Å². The second-order valence-electron chi connectivity index (χ2n) is 4.93. The minimum absolute atomic E-state index is 0.0119. The minimum Gasteiger partial charge on any atom is -0.332 e. The number of amides is 1. The number of anilines is 1. The van der Waals surface area contributed by atoms with Crippen LogP contribution in [-0.2, 0) is 4.79 Å². The van der Waals surface area contributed by atoms with Gasteiger partial charge in [-0.2, -0.15) is 0 Å². The lowest BCUT2D eigenvalue weighted by Crippen LogP contribution is -2.32. The van der Waals surface area contributed by atoms with E-state index in [4.69, 9.17) is 23.8 Å². The van der Waals surface area contributed by atoms with Gasteiger partial charge in [-0.1, -0.05) is 29.8 Å². The smallest absolute Gasteiger partial charge is 0.250 e. The molecule has 0 aliphatic rings. The zero-order chi connectivity index (χ0) is 17.5. The topological polar surface area (TPSA) is 58.2 Å². The van der Waals surface area contributed by atoms with Crippen molar-refractivity contribution in [2.45, 2.75) is 6.92 Å². The number of hydrogen-bond donors (Lipinski definition) is 2. The fourth-order valence-corrected chi connectivity index (χ4v) is 2.30. The highest BCUT2D eigenvalue weighted by Gasteiger charge is 2.03. The van der Waals surface area contributed by atoms with Gasteiger partial charge < -0.3 is 5.32 Å². The van der Waals surface area contributed by atoms with Crippen molar-refractivity contribution in [2.75, 3.05) is 5.32 Å². The third-order valence-electron chi connectivity index (χ3n) is 3.11. The van der Waals surface area contributed by atoms with E-state index in [9.17, 15) is 9.59 Å². The lowest BCUT2D eigenvalue weighted by Gasteiger charge is -2.08. The first kappa shape index (κ1) is 17.8. The fraction of sp³-hybridized carbons (Fsp3) is 0.0556. The summed E-state index contributed by atoms with van der Waals surface area (Å²) in [6.45, 7) is 1.50. The Hall–Kier alpha value is -2.50. The van der Waals surface area contributed by atoms with E-state index in [1.165, 1.54) is 13.0 Å². The number of halogens is 1. The number of nitrogens with one attached hydrogen (secondary N) is 2. The number of ketones is 1. The molecule has 2 rings (SSSR count). The van der Waals surface area contributed by atoms with E-state index in [1.807, 2.05) is 12.1 Å². The average Bonchev–Trinajstić information content (AvgIpc) is 2.54. The van der Waals surface area contributed by atoms with Crippen LogP contribution in [0.2, 0.25) is 5.02 Å². The second kappa shape index (κ2) is 8.38. The van der Waals surface area contributed by atoms with Crippen LogP contribution >= 0.6 is 23.8 Å². The van der Waals surface area contributed by atoms with E-state index >= 15 is 0 Å². The van der Waals surface area contributed by atoms with Crippen LogP contribution in [-0.4, -0.2) is 16.8 Å². The predicted octanol–water partition coefficient (Wildman–Crippen LogP) is 4.07. The van der Waals surface area contributed by atoms with E-state index in [-0.39, 0.29) is 16.8 Å². The molecule has 4 nitrogen and oxygen atoms in total. The number of thiocarbonyl (C=S) groups is 1. The molecule has 2 aromatic rings. The summed E-state index contributed by atoms with van der Waals surface area (Å²) >= 11 is 11.1. The number of carbonyl (C=O) groups excluding carboxylic acids is 2. The molecule has 0 atom stereocenters. The molecule has 0 saturated heterocycles. The Labute approximate surface area is 150 Å². The van der Waals surface area contributed by atoms with Crippen molar-refractivity contribution in [3.05, 3.63) is 70.8 Å². The Balaban J connectivity index is 1.91. The number of rotatable bonds is 4. The maximum atomic E-state index is 11.9. The molecule has 0 aliphatic carbocycles. The van der Waals surface area contributed by atoms with Gasteiger partial charge in [-0.25, -0.2) is 0 Å². The highest BCUT2D eigenvalue weighted by atomic mass is 35.5. The third-order valence-corrected chi connectivity index (χ3v) is 3.65. The quantitative estimate of drug-likeness (QED) is 0.491. The van der Waals surface area contributed by atoms with Crippen LogP contribution in [0.15, 0.2) is 54.6 Å². The van der Waals surface area contributed by atoms with E-state index in [0.29, 0.717) is 16.3 Å². The maximum absolute atomic E-state index is 11.9. The normalized spacial score (nSPS) is 10.4. The molecule has 24 heavy (non-hydrogen) atoms. The third kappa shape index (κ3) is 5.30. The largest absolute Gasteiger partial charge is 0.332 e. The van der Waals surface area contributed by atoms with Crippen LogP contribution in [0.5, 0.6) is 0 Å². The van der Waals surface area contributed by atoms with Crippen molar-refractivity contribution in [1.82, 2.24) is 5.32 Å². The van der Waals surface area contributed by atoms with Crippen molar-refractivity contribution in [3.8, 4) is 0 Å². The molecule has 0 spiro atoms. The zero-order valence-electron chi connectivity index (χ0n) is 12.9. The molecule has 0 heterocycles. The molecule has 0 saturated carbocycles. The van der Waals surface area contributed by atoms with Crippen molar-refractivity contribution < 1.29 is 9.59 Å². The molecule has 122 valence electrons. The summed E-state index contributed by atoms with van der Waals surface area (Å²) in [5.41, 5.74) is 2.03. The molecule has 2 N–H and O–H groups in total. The molecule has 0 bridgehead atoms. The molecular weight excluding hydrogens is 344 g/mol. The highest BCUT2D eigenvalue weighted by molar-refractivity contribution is 7.80. The molecule has 1 amide bonds. The van der Waals surface area contributed by atoms with Gasteiger partial charge in [0.15, 0.2) is 10.9 Å². The molecule has 0 aliphatic heterocycles. The first-order valence-corrected chi connectivity index (χ1v) is 7.90. The maximum Gasteiger partial charge on any atom is 0.250 e. The lowest BCUT2D eigenvalue weighted by atomic mass is 10.1. The SMILES string of the molecule is CC(=O)c1ccc(NC(=S)NC(=O)/C=C/c2ccccc2Cl)cc1. The summed E-state index contributed by atoms with van der Waals surface area (Å²) in [7, 11) is 0. The number of carbonyl (C=O) groups is 2. The van der Waals surface area contributed by atoms with Gasteiger partial charge in [-0.3, -0.25) is 14.9 Å². The van der Waals surface area contributed by atoms with Gasteiger partial charge >= 0.3 is 0 Å². The number of Topliss-reactive ketones (excluding diaryl/α,β-unsaturated/α-hetero) is 1. The summed E-state index contributed by atoms with van der Waals surface area (Å²) in [6, 6.07) is 14.0. The molecule has 0 fully saturated rings. The zero-order valence-corrected chi connectivity index (χ0v) is 14.4. The van der Waals surface area contributed by atoms with Gasteiger partial charge in [0.05, 0.1) is 0 Å². The molecule has 0 radical (unpaired) electrons. The number of benzene rings is 2. The van der Waals surface area contributed by atoms with Crippen LogP contribution in [0.3, 0.4) is 0 Å². The van der Waals surface area contributed by atoms with E-state index in [0.717, 1.165) is 5.56 Å². The van der Waals surface area contributed by atoms with Crippen molar-refractivity contribution in [1.29, 1.82) is 0 Å². The fourth-order valence-electron chi connectivity index (χ4n) is 1.88. The van der Waals surface area contributed by atoms with Crippen molar-refractivity contribution in [3.63, 3.8) is 0 Å². The van der Waals surface area contributed by atoms with Crippen LogP contribution in [0, 0.1) is 0 Å². The minimum atomic E-state index is -0.368. The Bertz CT molecular complexity index is 801. The van der Waals surface area contributed by atoms with Gasteiger partial charge in [-0.05, 0) is 61.1 Å². The summed E-state index contributed by atoms with van der Waals surface area (Å²) in [4.78, 5) is 23.1. The lowest BCUT2D eigenvalue weighted by molar-refractivity contribution is -0.115. The summed E-state index contributed by atoms with van der Waals surface area (Å²) < 4.78 is 0. The van der Waals surface area contributed by atoms with Crippen LogP contribution in [0.1, 0.15) is 22.8 Å². The van der Waals surface area contributed by atoms with Gasteiger partial charge in [0.2, 0.25) is 5.91 Å². The summed E-state index contributed by atoms with van der Waals surface area (Å²) in [5.74, 6) is -0.380. The van der Waals surface area contributed by atoms with Gasteiger partial charge in [-0.15, -0.1) is 0 Å².